The quantitative estimate of drug-likeness (QED) is 0.862. The van der Waals surface area contributed by atoms with Crippen molar-refractivity contribution in [2.75, 3.05) is 11.9 Å². The molecule has 0 radical (unpaired) electrons. The van der Waals surface area contributed by atoms with Gasteiger partial charge in [0.1, 0.15) is 0 Å². The topological polar surface area (TPSA) is 51.2 Å². The van der Waals surface area contributed by atoms with Crippen LogP contribution >= 0.6 is 0 Å². The van der Waals surface area contributed by atoms with E-state index >= 15 is 0 Å². The summed E-state index contributed by atoms with van der Waals surface area (Å²) in [6.45, 7) is 4.10. The first-order valence-corrected chi connectivity index (χ1v) is 5.50. The summed E-state index contributed by atoms with van der Waals surface area (Å²) < 4.78 is 4.86. The maximum Gasteiger partial charge on any atom is 0.411 e. The fourth-order valence-corrected chi connectivity index (χ4v) is 1.71. The molecule has 0 aliphatic rings. The van der Waals surface area contributed by atoms with Crippen LogP contribution in [0.1, 0.15) is 12.5 Å². The Hall–Kier alpha value is -2.10. The van der Waals surface area contributed by atoms with Crippen molar-refractivity contribution >= 4 is 22.7 Å². The van der Waals surface area contributed by atoms with Crippen molar-refractivity contribution in [3.05, 3.63) is 36.0 Å². The van der Waals surface area contributed by atoms with Crippen molar-refractivity contribution in [1.29, 1.82) is 0 Å². The van der Waals surface area contributed by atoms with Gasteiger partial charge < -0.3 is 4.74 Å². The van der Waals surface area contributed by atoms with Gasteiger partial charge in [-0.1, -0.05) is 6.07 Å². The number of aryl methyl sites for hydroxylation is 1. The predicted molar refractivity (Wildman–Crippen MR) is 67.1 cm³/mol. The van der Waals surface area contributed by atoms with E-state index < -0.39 is 6.09 Å². The number of rotatable bonds is 2. The summed E-state index contributed by atoms with van der Waals surface area (Å²) in [6.07, 6.45) is 1.25. The highest BCUT2D eigenvalue weighted by Gasteiger charge is 2.07. The van der Waals surface area contributed by atoms with Crippen molar-refractivity contribution in [2.24, 2.45) is 0 Å². The minimum Gasteiger partial charge on any atom is -0.450 e. The van der Waals surface area contributed by atoms with Crippen LogP contribution in [-0.4, -0.2) is 17.7 Å². The summed E-state index contributed by atoms with van der Waals surface area (Å²) >= 11 is 0. The molecule has 0 spiro atoms. The third kappa shape index (κ3) is 2.53. The number of fused-ring (bicyclic) bond motifs is 1. The molecule has 4 heteroatoms. The standard InChI is InChI=1S/C13H14N2O2/c1-3-17-13(16)15-11-8-9(2)7-10-5-4-6-14-12(10)11/h4-8H,3H2,1-2H3,(H,15,16). The maximum atomic E-state index is 11.4. The number of aromatic nitrogens is 1. The van der Waals surface area contributed by atoms with Crippen LogP contribution in [0.4, 0.5) is 10.5 Å². The number of anilines is 1. The van der Waals surface area contributed by atoms with E-state index in [0.29, 0.717) is 12.3 Å². The number of nitrogens with one attached hydrogen (secondary N) is 1. The van der Waals surface area contributed by atoms with Crippen LogP contribution in [0.25, 0.3) is 10.9 Å². The van der Waals surface area contributed by atoms with Crippen LogP contribution in [0.5, 0.6) is 0 Å². The van der Waals surface area contributed by atoms with Gasteiger partial charge in [0.15, 0.2) is 0 Å². The largest absolute Gasteiger partial charge is 0.450 e. The summed E-state index contributed by atoms with van der Waals surface area (Å²) in [5, 5.41) is 3.70. The molecule has 2 aromatic rings. The second-order valence-corrected chi connectivity index (χ2v) is 3.73. The van der Waals surface area contributed by atoms with Crippen LogP contribution in [0.15, 0.2) is 30.5 Å². The molecule has 88 valence electrons. The first-order chi connectivity index (χ1) is 8.20. The van der Waals surface area contributed by atoms with Gasteiger partial charge in [-0.25, -0.2) is 4.79 Å². The number of amides is 1. The lowest BCUT2D eigenvalue weighted by atomic mass is 10.1. The lowest BCUT2D eigenvalue weighted by molar-refractivity contribution is 0.168. The van der Waals surface area contributed by atoms with Gasteiger partial charge in [0.05, 0.1) is 17.8 Å². The zero-order valence-electron chi connectivity index (χ0n) is 9.86. The van der Waals surface area contributed by atoms with Gasteiger partial charge in [-0.15, -0.1) is 0 Å². The van der Waals surface area contributed by atoms with Crippen molar-refractivity contribution in [1.82, 2.24) is 4.98 Å². The molecule has 0 aliphatic heterocycles. The molecule has 0 fully saturated rings. The molecule has 1 amide bonds. The molecule has 1 N–H and O–H groups in total. The van der Waals surface area contributed by atoms with Gasteiger partial charge in [0.2, 0.25) is 0 Å². The molecule has 1 heterocycles. The first kappa shape index (κ1) is 11.4. The maximum absolute atomic E-state index is 11.4. The predicted octanol–water partition coefficient (Wildman–Crippen LogP) is 3.11. The third-order valence-electron chi connectivity index (χ3n) is 2.36. The number of hydrogen-bond acceptors (Lipinski definition) is 3. The Balaban J connectivity index is 2.42. The van der Waals surface area contributed by atoms with Gasteiger partial charge in [-0.05, 0) is 37.6 Å². The van der Waals surface area contributed by atoms with E-state index in [1.807, 2.05) is 31.2 Å². The van der Waals surface area contributed by atoms with Crippen molar-refractivity contribution in [3.8, 4) is 0 Å². The molecule has 1 aromatic heterocycles. The number of benzene rings is 1. The first-order valence-electron chi connectivity index (χ1n) is 5.50. The monoisotopic (exact) mass is 230 g/mol. The van der Waals surface area contributed by atoms with Crippen LogP contribution < -0.4 is 5.32 Å². The second-order valence-electron chi connectivity index (χ2n) is 3.73. The molecule has 4 nitrogen and oxygen atoms in total. The van der Waals surface area contributed by atoms with E-state index in [4.69, 9.17) is 4.74 Å². The highest BCUT2D eigenvalue weighted by molar-refractivity contribution is 5.98. The number of nitrogens with zero attached hydrogens (tertiary/aromatic N) is 1. The fourth-order valence-electron chi connectivity index (χ4n) is 1.71. The van der Waals surface area contributed by atoms with E-state index in [0.717, 1.165) is 16.5 Å². The average molecular weight is 230 g/mol. The number of pyridine rings is 1. The Morgan fingerprint density at radius 2 is 2.29 bits per heavy atom. The molecule has 0 atom stereocenters. The Labute approximate surface area is 99.6 Å². The molecule has 0 saturated heterocycles. The van der Waals surface area contributed by atoms with E-state index in [-0.39, 0.29) is 0 Å². The third-order valence-corrected chi connectivity index (χ3v) is 2.36. The summed E-state index contributed by atoms with van der Waals surface area (Å²) in [5.41, 5.74) is 2.52. The Morgan fingerprint density at radius 1 is 1.47 bits per heavy atom. The summed E-state index contributed by atoms with van der Waals surface area (Å²) in [4.78, 5) is 15.7. The molecule has 17 heavy (non-hydrogen) atoms. The van der Waals surface area contributed by atoms with E-state index in [1.165, 1.54) is 0 Å². The highest BCUT2D eigenvalue weighted by atomic mass is 16.5. The molecule has 0 unspecified atom stereocenters. The number of ether oxygens (including phenoxy) is 1. The molecule has 0 saturated carbocycles. The second kappa shape index (κ2) is 4.82. The molecular formula is C13H14N2O2. The summed E-state index contributed by atoms with van der Waals surface area (Å²) in [7, 11) is 0. The Kier molecular flexibility index (Phi) is 3.23. The van der Waals surface area contributed by atoms with Crippen LogP contribution in [0, 0.1) is 6.92 Å². The minimum atomic E-state index is -0.454. The smallest absolute Gasteiger partial charge is 0.411 e. The SMILES string of the molecule is CCOC(=O)Nc1cc(C)cc2cccnc12. The average Bonchev–Trinajstić information content (AvgIpc) is 2.29. The lowest BCUT2D eigenvalue weighted by Crippen LogP contribution is -2.13. The Bertz CT molecular complexity index is 552. The van der Waals surface area contributed by atoms with Gasteiger partial charge in [0, 0.05) is 11.6 Å². The van der Waals surface area contributed by atoms with E-state index in [9.17, 15) is 4.79 Å². The van der Waals surface area contributed by atoms with Crippen molar-refractivity contribution in [3.63, 3.8) is 0 Å². The van der Waals surface area contributed by atoms with E-state index in [1.54, 1.807) is 13.1 Å². The highest BCUT2D eigenvalue weighted by Crippen LogP contribution is 2.23. The fraction of sp³-hybridized carbons (Fsp3) is 0.231. The number of carbonyl (C=O) groups excluding carboxylic acids is 1. The lowest BCUT2D eigenvalue weighted by Gasteiger charge is -2.09. The molecule has 0 bridgehead atoms. The number of carbonyl (C=O) groups is 1. The van der Waals surface area contributed by atoms with Gasteiger partial charge in [-0.3, -0.25) is 10.3 Å². The molecule has 2 rings (SSSR count). The number of hydrogen-bond donors (Lipinski definition) is 1. The van der Waals surface area contributed by atoms with Crippen molar-refractivity contribution < 1.29 is 9.53 Å². The normalized spacial score (nSPS) is 10.2. The Morgan fingerprint density at radius 3 is 3.06 bits per heavy atom. The zero-order valence-corrected chi connectivity index (χ0v) is 9.86. The van der Waals surface area contributed by atoms with Gasteiger partial charge in [0.25, 0.3) is 0 Å². The zero-order chi connectivity index (χ0) is 12.3. The summed E-state index contributed by atoms with van der Waals surface area (Å²) in [5.74, 6) is 0. The van der Waals surface area contributed by atoms with E-state index in [2.05, 4.69) is 10.3 Å². The van der Waals surface area contributed by atoms with Crippen LogP contribution in [0.3, 0.4) is 0 Å². The van der Waals surface area contributed by atoms with Crippen LogP contribution in [0.2, 0.25) is 0 Å². The molecule has 0 aliphatic carbocycles. The summed E-state index contributed by atoms with van der Waals surface area (Å²) in [6, 6.07) is 7.74. The molecule has 1 aromatic carbocycles. The van der Waals surface area contributed by atoms with Crippen molar-refractivity contribution in [2.45, 2.75) is 13.8 Å². The van der Waals surface area contributed by atoms with Crippen LogP contribution in [-0.2, 0) is 4.74 Å². The van der Waals surface area contributed by atoms with Gasteiger partial charge >= 0.3 is 6.09 Å². The van der Waals surface area contributed by atoms with Gasteiger partial charge in [-0.2, -0.15) is 0 Å². The minimum absolute atomic E-state index is 0.350. The molecular weight excluding hydrogens is 216 g/mol.